The van der Waals surface area contributed by atoms with Crippen molar-refractivity contribution in [3.8, 4) is 0 Å². The van der Waals surface area contributed by atoms with E-state index in [4.69, 9.17) is 0 Å². The van der Waals surface area contributed by atoms with Crippen LogP contribution in [0, 0.1) is 6.92 Å². The Morgan fingerprint density at radius 1 is 0.939 bits per heavy atom. The van der Waals surface area contributed by atoms with Crippen LogP contribution in [0.1, 0.15) is 37.5 Å². The van der Waals surface area contributed by atoms with Gasteiger partial charge in [0.25, 0.3) is 11.8 Å². The summed E-state index contributed by atoms with van der Waals surface area (Å²) in [7, 11) is 3.33. The molecule has 0 saturated carbocycles. The Labute approximate surface area is 189 Å². The van der Waals surface area contributed by atoms with E-state index in [1.165, 1.54) is 24.4 Å². The maximum Gasteiger partial charge on any atom is 0.416 e. The second-order valence-corrected chi connectivity index (χ2v) is 7.74. The monoisotopic (exact) mass is 456 g/mol. The Hall–Kier alpha value is -3.72. The van der Waals surface area contributed by atoms with Gasteiger partial charge in [-0.25, -0.2) is 0 Å². The zero-order chi connectivity index (χ0) is 24.2. The molecule has 33 heavy (non-hydrogen) atoms. The largest absolute Gasteiger partial charge is 0.416 e. The second kappa shape index (κ2) is 9.83. The average Bonchev–Trinajstić information content (AvgIpc) is 2.75. The van der Waals surface area contributed by atoms with E-state index in [0.717, 1.165) is 6.07 Å². The molecule has 0 bridgehead atoms. The van der Waals surface area contributed by atoms with Crippen LogP contribution in [0.15, 0.2) is 60.8 Å². The highest BCUT2D eigenvalue weighted by atomic mass is 19.4. The highest BCUT2D eigenvalue weighted by Crippen LogP contribution is 2.33. The number of pyridine rings is 1. The van der Waals surface area contributed by atoms with Crippen molar-refractivity contribution in [3.63, 3.8) is 0 Å². The number of hydrogen-bond acceptors (Lipinski definition) is 4. The number of hydrogen-bond donors (Lipinski definition) is 2. The number of amides is 2. The average molecular weight is 456 g/mol. The zero-order valence-electron chi connectivity index (χ0n) is 18.3. The minimum atomic E-state index is -4.60. The summed E-state index contributed by atoms with van der Waals surface area (Å²) in [6.45, 7) is 1.77. The van der Waals surface area contributed by atoms with Gasteiger partial charge < -0.3 is 15.5 Å². The van der Waals surface area contributed by atoms with E-state index in [0.29, 0.717) is 16.9 Å². The zero-order valence-corrected chi connectivity index (χ0v) is 18.3. The highest BCUT2D eigenvalue weighted by Gasteiger charge is 2.34. The molecule has 3 rings (SSSR count). The molecule has 172 valence electrons. The second-order valence-electron chi connectivity index (χ2n) is 7.74. The van der Waals surface area contributed by atoms with Crippen molar-refractivity contribution in [1.82, 2.24) is 9.88 Å². The lowest BCUT2D eigenvalue weighted by molar-refractivity contribution is -0.138. The molecule has 1 aromatic heterocycles. The number of benzene rings is 2. The first kappa shape index (κ1) is 23.9. The molecule has 0 saturated heterocycles. The van der Waals surface area contributed by atoms with E-state index in [-0.39, 0.29) is 29.3 Å². The molecule has 0 spiro atoms. The summed E-state index contributed by atoms with van der Waals surface area (Å²) < 4.78 is 40.6. The first-order valence-electron chi connectivity index (χ1n) is 10.0. The molecule has 2 N–H and O–H groups in total. The van der Waals surface area contributed by atoms with Crippen molar-refractivity contribution in [2.45, 2.75) is 19.6 Å². The van der Waals surface area contributed by atoms with Crippen LogP contribution >= 0.6 is 0 Å². The van der Waals surface area contributed by atoms with Crippen LogP contribution in [0.4, 0.5) is 24.5 Å². The minimum absolute atomic E-state index is 0.0759. The maximum atomic E-state index is 13.5. The van der Waals surface area contributed by atoms with Crippen LogP contribution in [-0.4, -0.2) is 35.8 Å². The van der Waals surface area contributed by atoms with Gasteiger partial charge in [0.2, 0.25) is 0 Å². The van der Waals surface area contributed by atoms with Crippen LogP contribution < -0.4 is 10.6 Å². The molecule has 0 fully saturated rings. The summed E-state index contributed by atoms with van der Waals surface area (Å²) in [5, 5.41) is 5.28. The van der Waals surface area contributed by atoms with Gasteiger partial charge in [0.1, 0.15) is 0 Å². The van der Waals surface area contributed by atoms with Crippen LogP contribution in [0.5, 0.6) is 0 Å². The molecule has 0 radical (unpaired) electrons. The molecular weight excluding hydrogens is 433 g/mol. The molecule has 0 unspecified atom stereocenters. The number of aryl methyl sites for hydroxylation is 1. The fourth-order valence-corrected chi connectivity index (χ4v) is 3.18. The van der Waals surface area contributed by atoms with Gasteiger partial charge in [0, 0.05) is 17.7 Å². The summed E-state index contributed by atoms with van der Waals surface area (Å²) in [6.07, 6.45) is -3.22. The maximum absolute atomic E-state index is 13.5. The summed E-state index contributed by atoms with van der Waals surface area (Å²) in [5.74, 6) is -1.07. The molecular formula is C24H23F3N4O2. The number of rotatable bonds is 6. The minimum Gasteiger partial charge on any atom is -0.321 e. The van der Waals surface area contributed by atoms with E-state index in [1.54, 1.807) is 56.3 Å². The predicted molar refractivity (Wildman–Crippen MR) is 120 cm³/mol. The van der Waals surface area contributed by atoms with Gasteiger partial charge in [-0.2, -0.15) is 13.2 Å². The lowest BCUT2D eigenvalue weighted by atomic mass is 10.0. The molecule has 2 aromatic carbocycles. The quantitative estimate of drug-likeness (QED) is 0.549. The summed E-state index contributed by atoms with van der Waals surface area (Å²) in [6, 6.07) is 13.6. The molecule has 0 aliphatic rings. The highest BCUT2D eigenvalue weighted by molar-refractivity contribution is 6.06. The van der Waals surface area contributed by atoms with Gasteiger partial charge in [-0.15, -0.1) is 0 Å². The number of alkyl halides is 3. The molecule has 9 heteroatoms. The smallest absolute Gasteiger partial charge is 0.321 e. The molecule has 2 amide bonds. The normalized spacial score (nSPS) is 11.4. The third-order valence-electron chi connectivity index (χ3n) is 4.79. The van der Waals surface area contributed by atoms with Crippen LogP contribution in [-0.2, 0) is 12.7 Å². The van der Waals surface area contributed by atoms with Crippen LogP contribution in [0.25, 0.3) is 0 Å². The Balaban J connectivity index is 1.81. The van der Waals surface area contributed by atoms with E-state index >= 15 is 0 Å². The predicted octanol–water partition coefficient (Wildman–Crippen LogP) is 4.98. The lowest BCUT2D eigenvalue weighted by Gasteiger charge is -2.17. The van der Waals surface area contributed by atoms with Gasteiger partial charge >= 0.3 is 6.18 Å². The van der Waals surface area contributed by atoms with Gasteiger partial charge in [-0.1, -0.05) is 24.3 Å². The first-order chi connectivity index (χ1) is 15.5. The molecule has 0 atom stereocenters. The SMILES string of the molecule is Cc1ncc(NC(=O)c2ccc(CN(C)C)c(C(F)(F)F)c2)cc1NC(=O)c1ccccc1. The van der Waals surface area contributed by atoms with Gasteiger partial charge in [-0.3, -0.25) is 14.6 Å². The Morgan fingerprint density at radius 2 is 1.61 bits per heavy atom. The summed E-state index contributed by atoms with van der Waals surface area (Å²) in [4.78, 5) is 30.9. The molecule has 1 heterocycles. The van der Waals surface area contributed by atoms with E-state index in [1.807, 2.05) is 0 Å². The van der Waals surface area contributed by atoms with Crippen LogP contribution in [0.3, 0.4) is 0 Å². The molecule has 3 aromatic rings. The standard InChI is InChI=1S/C24H23F3N4O2/c1-15-21(30-22(32)16-7-5-4-6-8-16)12-19(13-28-15)29-23(33)17-9-10-18(14-31(2)3)20(11-17)24(25,26)27/h4-13H,14H2,1-3H3,(H,29,33)(H,30,32). The van der Waals surface area contributed by atoms with E-state index in [2.05, 4.69) is 15.6 Å². The number of halogens is 3. The molecule has 0 aliphatic heterocycles. The van der Waals surface area contributed by atoms with Crippen molar-refractivity contribution in [1.29, 1.82) is 0 Å². The number of carbonyl (C=O) groups excluding carboxylic acids is 2. The topological polar surface area (TPSA) is 74.3 Å². The number of aromatic nitrogens is 1. The van der Waals surface area contributed by atoms with Gasteiger partial charge in [0.05, 0.1) is 28.8 Å². The van der Waals surface area contributed by atoms with Crippen LogP contribution in [0.2, 0.25) is 0 Å². The third-order valence-corrected chi connectivity index (χ3v) is 4.79. The van der Waals surface area contributed by atoms with E-state index < -0.39 is 17.6 Å². The van der Waals surface area contributed by atoms with Crippen molar-refractivity contribution in [2.75, 3.05) is 24.7 Å². The number of carbonyl (C=O) groups is 2. The number of nitrogens with zero attached hydrogens (tertiary/aromatic N) is 2. The van der Waals surface area contributed by atoms with Crippen molar-refractivity contribution in [2.24, 2.45) is 0 Å². The Kier molecular flexibility index (Phi) is 7.13. The number of anilines is 2. The van der Waals surface area contributed by atoms with E-state index in [9.17, 15) is 22.8 Å². The Morgan fingerprint density at radius 3 is 2.24 bits per heavy atom. The Bertz CT molecular complexity index is 1160. The molecule has 0 aliphatic carbocycles. The first-order valence-corrected chi connectivity index (χ1v) is 10.0. The fraction of sp³-hybridized carbons (Fsp3) is 0.208. The fourth-order valence-electron chi connectivity index (χ4n) is 3.18. The van der Waals surface area contributed by atoms with Gasteiger partial charge in [0.15, 0.2) is 0 Å². The summed E-state index contributed by atoms with van der Waals surface area (Å²) in [5.41, 5.74) is 0.654. The van der Waals surface area contributed by atoms with Gasteiger partial charge in [-0.05, 0) is 56.9 Å². The lowest BCUT2D eigenvalue weighted by Crippen LogP contribution is -2.19. The third kappa shape index (κ3) is 6.17. The summed E-state index contributed by atoms with van der Waals surface area (Å²) >= 11 is 0. The number of nitrogens with one attached hydrogen (secondary N) is 2. The van der Waals surface area contributed by atoms with Crippen molar-refractivity contribution < 1.29 is 22.8 Å². The van der Waals surface area contributed by atoms with Crippen molar-refractivity contribution >= 4 is 23.2 Å². The van der Waals surface area contributed by atoms with Crippen molar-refractivity contribution in [3.05, 3.63) is 88.7 Å². The molecule has 6 nitrogen and oxygen atoms in total.